The van der Waals surface area contributed by atoms with E-state index in [0.29, 0.717) is 26.4 Å². The summed E-state index contributed by atoms with van der Waals surface area (Å²) in [6.45, 7) is 5.78. The fourth-order valence-corrected chi connectivity index (χ4v) is 2.96. The minimum absolute atomic E-state index is 0.0448. The second-order valence-electron chi connectivity index (χ2n) is 6.24. The van der Waals surface area contributed by atoms with Gasteiger partial charge >= 0.3 is 0 Å². The van der Waals surface area contributed by atoms with Crippen LogP contribution < -0.4 is 0 Å². The van der Waals surface area contributed by atoms with Crippen LogP contribution in [-0.4, -0.2) is 36.6 Å². The molecule has 0 bridgehead atoms. The number of hydrogen-bond donors (Lipinski definition) is 2. The topological polar surface area (TPSA) is 68.2 Å². The van der Waals surface area contributed by atoms with Gasteiger partial charge in [0.05, 0.1) is 26.4 Å². The summed E-state index contributed by atoms with van der Waals surface area (Å²) in [5.74, 6) is 0. The first kappa shape index (κ1) is 21.5. The maximum absolute atomic E-state index is 9.47. The Bertz CT molecular complexity index is 616. The molecule has 2 atom stereocenters. The van der Waals surface area contributed by atoms with Crippen LogP contribution in [0.1, 0.15) is 48.3 Å². The summed E-state index contributed by atoms with van der Waals surface area (Å²) < 4.78 is 17.0. The van der Waals surface area contributed by atoms with Crippen molar-refractivity contribution in [3.63, 3.8) is 0 Å². The predicted molar refractivity (Wildman–Crippen MR) is 104 cm³/mol. The van der Waals surface area contributed by atoms with Gasteiger partial charge in [-0.1, -0.05) is 48.5 Å². The van der Waals surface area contributed by atoms with Gasteiger partial charge in [0.2, 0.25) is 0 Å². The second-order valence-corrected chi connectivity index (χ2v) is 6.24. The Morgan fingerprint density at radius 3 is 1.56 bits per heavy atom. The maximum Gasteiger partial charge on any atom is 0.105 e. The van der Waals surface area contributed by atoms with E-state index in [9.17, 15) is 10.2 Å². The average Bonchev–Trinajstić information content (AvgIpc) is 2.70. The highest BCUT2D eigenvalue weighted by molar-refractivity contribution is 5.26. The van der Waals surface area contributed by atoms with E-state index in [0.717, 1.165) is 22.3 Å². The van der Waals surface area contributed by atoms with Crippen molar-refractivity contribution in [1.82, 2.24) is 0 Å². The highest BCUT2D eigenvalue weighted by Crippen LogP contribution is 2.20. The van der Waals surface area contributed by atoms with Gasteiger partial charge in [0, 0.05) is 13.2 Å². The molecule has 0 aliphatic heterocycles. The van der Waals surface area contributed by atoms with E-state index < -0.39 is 0 Å². The van der Waals surface area contributed by atoms with Crippen LogP contribution in [0.15, 0.2) is 48.5 Å². The van der Waals surface area contributed by atoms with Gasteiger partial charge in [-0.3, -0.25) is 0 Å². The number of rotatable bonds is 12. The maximum atomic E-state index is 9.47. The van der Waals surface area contributed by atoms with Crippen LogP contribution in [0.4, 0.5) is 0 Å². The normalized spacial score (nSPS) is 13.5. The molecule has 148 valence electrons. The zero-order valence-corrected chi connectivity index (χ0v) is 16.1. The minimum Gasteiger partial charge on any atom is -0.393 e. The molecule has 2 aromatic carbocycles. The lowest BCUT2D eigenvalue weighted by Gasteiger charge is -2.16. The summed E-state index contributed by atoms with van der Waals surface area (Å²) in [5.41, 5.74) is 3.96. The van der Waals surface area contributed by atoms with E-state index in [1.807, 2.05) is 62.4 Å². The summed E-state index contributed by atoms with van der Waals surface area (Å²) in [7, 11) is 0. The third-order valence-electron chi connectivity index (χ3n) is 4.25. The van der Waals surface area contributed by atoms with Crippen molar-refractivity contribution in [2.24, 2.45) is 0 Å². The summed E-state index contributed by atoms with van der Waals surface area (Å²) >= 11 is 0. The van der Waals surface area contributed by atoms with Crippen molar-refractivity contribution in [1.29, 1.82) is 0 Å². The summed E-state index contributed by atoms with van der Waals surface area (Å²) in [6, 6.07) is 15.8. The summed E-state index contributed by atoms with van der Waals surface area (Å²) in [5, 5.41) is 18.9. The standard InChI is InChI=1S/C22H30O5/c1-3-26-21(13-23)19-9-5-7-17(11-19)15-25-16-18-8-6-10-20(12-18)22(14-24)27-4-2/h5-12,21-24H,3-4,13-16H2,1-2H3. The number of aliphatic hydroxyl groups excluding tert-OH is 2. The monoisotopic (exact) mass is 374 g/mol. The molecule has 5 nitrogen and oxygen atoms in total. The predicted octanol–water partition coefficient (Wildman–Crippen LogP) is 3.54. The van der Waals surface area contributed by atoms with Crippen molar-refractivity contribution < 1.29 is 24.4 Å². The van der Waals surface area contributed by atoms with E-state index in [1.54, 1.807) is 0 Å². The van der Waals surface area contributed by atoms with Crippen LogP contribution >= 0.6 is 0 Å². The Labute approximate surface area is 161 Å². The SMILES string of the molecule is CCOC(CO)c1cccc(COCc2cccc(C(CO)OCC)c2)c1. The van der Waals surface area contributed by atoms with Gasteiger partial charge in [0.1, 0.15) is 12.2 Å². The molecule has 0 radical (unpaired) electrons. The minimum atomic E-state index is -0.305. The molecule has 0 aliphatic rings. The van der Waals surface area contributed by atoms with Crippen molar-refractivity contribution in [3.8, 4) is 0 Å². The van der Waals surface area contributed by atoms with Gasteiger partial charge in [-0.25, -0.2) is 0 Å². The molecular weight excluding hydrogens is 344 g/mol. The van der Waals surface area contributed by atoms with E-state index in [1.165, 1.54) is 0 Å². The third-order valence-corrected chi connectivity index (χ3v) is 4.25. The molecule has 0 amide bonds. The lowest BCUT2D eigenvalue weighted by Crippen LogP contribution is -2.09. The van der Waals surface area contributed by atoms with Crippen molar-refractivity contribution in [2.75, 3.05) is 26.4 Å². The first-order chi connectivity index (χ1) is 13.2. The van der Waals surface area contributed by atoms with E-state index in [4.69, 9.17) is 14.2 Å². The summed E-state index contributed by atoms with van der Waals surface area (Å²) in [4.78, 5) is 0. The first-order valence-corrected chi connectivity index (χ1v) is 9.42. The number of aliphatic hydroxyl groups is 2. The van der Waals surface area contributed by atoms with Gasteiger partial charge in [0.15, 0.2) is 0 Å². The Balaban J connectivity index is 1.94. The molecule has 2 N–H and O–H groups in total. The first-order valence-electron chi connectivity index (χ1n) is 9.42. The fourth-order valence-electron chi connectivity index (χ4n) is 2.96. The lowest BCUT2D eigenvalue weighted by atomic mass is 10.1. The number of benzene rings is 2. The number of ether oxygens (including phenoxy) is 3. The van der Waals surface area contributed by atoms with E-state index in [-0.39, 0.29) is 25.4 Å². The molecule has 0 spiro atoms. The van der Waals surface area contributed by atoms with Crippen LogP contribution in [0, 0.1) is 0 Å². The van der Waals surface area contributed by atoms with E-state index in [2.05, 4.69) is 0 Å². The Hall–Kier alpha value is -1.76. The van der Waals surface area contributed by atoms with Gasteiger partial charge < -0.3 is 24.4 Å². The Morgan fingerprint density at radius 1 is 0.741 bits per heavy atom. The lowest BCUT2D eigenvalue weighted by molar-refractivity contribution is 0.0186. The second kappa shape index (κ2) is 11.8. The molecule has 5 heteroatoms. The van der Waals surface area contributed by atoms with Crippen LogP contribution in [-0.2, 0) is 27.4 Å². The van der Waals surface area contributed by atoms with Crippen LogP contribution in [0.2, 0.25) is 0 Å². The molecular formula is C22H30O5. The third kappa shape index (κ3) is 6.72. The zero-order valence-electron chi connectivity index (χ0n) is 16.1. The molecule has 2 aromatic rings. The molecule has 0 fully saturated rings. The van der Waals surface area contributed by atoms with Crippen LogP contribution in [0.5, 0.6) is 0 Å². The summed E-state index contributed by atoms with van der Waals surface area (Å²) in [6.07, 6.45) is -0.610. The Kier molecular flexibility index (Phi) is 9.45. The molecule has 0 saturated carbocycles. The molecule has 0 aliphatic carbocycles. The smallest absolute Gasteiger partial charge is 0.105 e. The zero-order chi connectivity index (χ0) is 19.5. The molecule has 27 heavy (non-hydrogen) atoms. The Morgan fingerprint density at radius 2 is 1.19 bits per heavy atom. The quantitative estimate of drug-likeness (QED) is 0.595. The molecule has 0 heterocycles. The van der Waals surface area contributed by atoms with Crippen LogP contribution in [0.3, 0.4) is 0 Å². The average molecular weight is 374 g/mol. The van der Waals surface area contributed by atoms with Gasteiger partial charge in [-0.05, 0) is 36.1 Å². The molecule has 0 aromatic heterocycles. The molecule has 2 rings (SSSR count). The van der Waals surface area contributed by atoms with Gasteiger partial charge in [-0.15, -0.1) is 0 Å². The largest absolute Gasteiger partial charge is 0.393 e. The van der Waals surface area contributed by atoms with Gasteiger partial charge in [0.25, 0.3) is 0 Å². The van der Waals surface area contributed by atoms with Gasteiger partial charge in [-0.2, -0.15) is 0 Å². The highest BCUT2D eigenvalue weighted by Gasteiger charge is 2.12. The molecule has 2 unspecified atom stereocenters. The number of hydrogen-bond acceptors (Lipinski definition) is 5. The fraction of sp³-hybridized carbons (Fsp3) is 0.455. The van der Waals surface area contributed by atoms with Crippen LogP contribution in [0.25, 0.3) is 0 Å². The van der Waals surface area contributed by atoms with Crippen molar-refractivity contribution >= 4 is 0 Å². The highest BCUT2D eigenvalue weighted by atomic mass is 16.5. The van der Waals surface area contributed by atoms with E-state index >= 15 is 0 Å². The van der Waals surface area contributed by atoms with Crippen molar-refractivity contribution in [2.45, 2.75) is 39.3 Å². The van der Waals surface area contributed by atoms with Crippen molar-refractivity contribution in [3.05, 3.63) is 70.8 Å². The molecule has 0 saturated heterocycles.